The van der Waals surface area contributed by atoms with Crippen molar-refractivity contribution in [1.29, 1.82) is 0 Å². The van der Waals surface area contributed by atoms with Crippen molar-refractivity contribution in [2.45, 2.75) is 0 Å². The second kappa shape index (κ2) is 9.26. The number of hydrogen-bond acceptors (Lipinski definition) is 6. The molecular formula is C14H16N2O4S2. The number of nitrogens with one attached hydrogen (secondary N) is 2. The van der Waals surface area contributed by atoms with Gasteiger partial charge >= 0.3 is 0 Å². The van der Waals surface area contributed by atoms with Crippen molar-refractivity contribution >= 4 is 33.4 Å². The molecule has 2 amide bonds. The Morgan fingerprint density at radius 2 is 1.32 bits per heavy atom. The molecule has 0 saturated heterocycles. The standard InChI is InChI=1S/C14H16N2O4S2/c17-13(11-3-1-7-19-11)15-5-9-21-22-10-6-16-14(18)12-4-2-8-20-12/h1-4,7-8H,5-6,9-10H2,(H,15,17)(H,16,18). The molecular weight excluding hydrogens is 324 g/mol. The predicted molar refractivity (Wildman–Crippen MR) is 87.0 cm³/mol. The van der Waals surface area contributed by atoms with Gasteiger partial charge in [0.25, 0.3) is 11.8 Å². The highest BCUT2D eigenvalue weighted by atomic mass is 33.1. The van der Waals surface area contributed by atoms with Crippen LogP contribution in [0.25, 0.3) is 0 Å². The van der Waals surface area contributed by atoms with E-state index in [1.165, 1.54) is 12.5 Å². The quantitative estimate of drug-likeness (QED) is 0.539. The van der Waals surface area contributed by atoms with Crippen LogP contribution in [-0.4, -0.2) is 36.4 Å². The third-order valence-corrected chi connectivity index (χ3v) is 4.92. The van der Waals surface area contributed by atoms with Gasteiger partial charge in [-0.15, -0.1) is 0 Å². The summed E-state index contributed by atoms with van der Waals surface area (Å²) in [6, 6.07) is 6.60. The molecule has 118 valence electrons. The molecule has 6 nitrogen and oxygen atoms in total. The SMILES string of the molecule is O=C(NCCSSCCNC(=O)c1ccco1)c1ccco1. The van der Waals surface area contributed by atoms with Crippen molar-refractivity contribution in [1.82, 2.24) is 10.6 Å². The maximum Gasteiger partial charge on any atom is 0.287 e. The Morgan fingerprint density at radius 1 is 0.864 bits per heavy atom. The van der Waals surface area contributed by atoms with E-state index in [1.54, 1.807) is 45.9 Å². The number of rotatable bonds is 9. The van der Waals surface area contributed by atoms with Crippen molar-refractivity contribution in [3.8, 4) is 0 Å². The minimum Gasteiger partial charge on any atom is -0.459 e. The van der Waals surface area contributed by atoms with E-state index in [0.29, 0.717) is 24.6 Å². The van der Waals surface area contributed by atoms with Gasteiger partial charge < -0.3 is 19.5 Å². The van der Waals surface area contributed by atoms with Crippen LogP contribution in [0, 0.1) is 0 Å². The Labute approximate surface area is 135 Å². The van der Waals surface area contributed by atoms with E-state index >= 15 is 0 Å². The van der Waals surface area contributed by atoms with Gasteiger partial charge in [0, 0.05) is 24.6 Å². The summed E-state index contributed by atoms with van der Waals surface area (Å²) in [5.74, 6) is 1.78. The van der Waals surface area contributed by atoms with Crippen LogP contribution in [0.3, 0.4) is 0 Å². The lowest BCUT2D eigenvalue weighted by Gasteiger charge is -2.04. The average molecular weight is 340 g/mol. The molecule has 0 bridgehead atoms. The fraction of sp³-hybridized carbons (Fsp3) is 0.286. The van der Waals surface area contributed by atoms with Crippen LogP contribution in [0.4, 0.5) is 0 Å². The highest BCUT2D eigenvalue weighted by molar-refractivity contribution is 8.76. The number of carbonyl (C=O) groups is 2. The van der Waals surface area contributed by atoms with Crippen molar-refractivity contribution in [3.63, 3.8) is 0 Å². The molecule has 0 spiro atoms. The van der Waals surface area contributed by atoms with E-state index in [0.717, 1.165) is 11.5 Å². The van der Waals surface area contributed by atoms with Gasteiger partial charge in [-0.2, -0.15) is 0 Å². The summed E-state index contributed by atoms with van der Waals surface area (Å²) in [7, 11) is 3.28. The summed E-state index contributed by atoms with van der Waals surface area (Å²) in [6.45, 7) is 1.13. The maximum atomic E-state index is 11.6. The molecule has 2 aromatic heterocycles. The van der Waals surface area contributed by atoms with Crippen LogP contribution in [0.2, 0.25) is 0 Å². The molecule has 0 unspecified atom stereocenters. The first-order valence-corrected chi connectivity index (χ1v) is 9.14. The fourth-order valence-electron chi connectivity index (χ4n) is 1.52. The molecule has 0 atom stereocenters. The number of amides is 2. The highest BCUT2D eigenvalue weighted by Gasteiger charge is 2.07. The summed E-state index contributed by atoms with van der Waals surface area (Å²) < 4.78 is 9.97. The van der Waals surface area contributed by atoms with Crippen molar-refractivity contribution in [2.75, 3.05) is 24.6 Å². The van der Waals surface area contributed by atoms with Gasteiger partial charge in [0.15, 0.2) is 11.5 Å². The first-order valence-electron chi connectivity index (χ1n) is 6.65. The van der Waals surface area contributed by atoms with E-state index in [1.807, 2.05) is 0 Å². The van der Waals surface area contributed by atoms with Gasteiger partial charge in [0.1, 0.15) is 0 Å². The number of hydrogen-bond donors (Lipinski definition) is 2. The zero-order valence-electron chi connectivity index (χ0n) is 11.7. The average Bonchev–Trinajstić information content (AvgIpc) is 3.22. The minimum atomic E-state index is -0.207. The topological polar surface area (TPSA) is 84.5 Å². The lowest BCUT2D eigenvalue weighted by atomic mass is 10.4. The van der Waals surface area contributed by atoms with Gasteiger partial charge in [-0.05, 0) is 24.3 Å². The van der Waals surface area contributed by atoms with E-state index < -0.39 is 0 Å². The summed E-state index contributed by atoms with van der Waals surface area (Å²) >= 11 is 0. The van der Waals surface area contributed by atoms with Gasteiger partial charge in [-0.3, -0.25) is 9.59 Å². The van der Waals surface area contributed by atoms with E-state index in [4.69, 9.17) is 8.83 Å². The lowest BCUT2D eigenvalue weighted by molar-refractivity contribution is 0.0921. The molecule has 0 aromatic carbocycles. The Balaban J connectivity index is 1.45. The minimum absolute atomic E-state index is 0.207. The second-order valence-electron chi connectivity index (χ2n) is 4.11. The van der Waals surface area contributed by atoms with Crippen LogP contribution in [0.1, 0.15) is 21.1 Å². The highest BCUT2D eigenvalue weighted by Crippen LogP contribution is 2.19. The fourth-order valence-corrected chi connectivity index (χ4v) is 3.33. The summed E-state index contributed by atoms with van der Waals surface area (Å²) in [5.41, 5.74) is 0. The summed E-state index contributed by atoms with van der Waals surface area (Å²) in [6.07, 6.45) is 2.94. The van der Waals surface area contributed by atoms with E-state index in [-0.39, 0.29) is 11.8 Å². The molecule has 0 aliphatic heterocycles. The van der Waals surface area contributed by atoms with Crippen LogP contribution in [-0.2, 0) is 0 Å². The third-order valence-electron chi connectivity index (χ3n) is 2.52. The van der Waals surface area contributed by atoms with Crippen LogP contribution < -0.4 is 10.6 Å². The second-order valence-corrected chi connectivity index (χ2v) is 6.81. The van der Waals surface area contributed by atoms with Gasteiger partial charge in [0.05, 0.1) is 12.5 Å². The zero-order valence-corrected chi connectivity index (χ0v) is 13.4. The molecule has 0 saturated carbocycles. The Morgan fingerprint density at radius 3 is 1.68 bits per heavy atom. The normalized spacial score (nSPS) is 10.4. The third kappa shape index (κ3) is 5.53. The molecule has 2 heterocycles. The Bertz CT molecular complexity index is 517. The van der Waals surface area contributed by atoms with Crippen LogP contribution in [0.15, 0.2) is 45.6 Å². The molecule has 0 radical (unpaired) electrons. The molecule has 2 aromatic rings. The van der Waals surface area contributed by atoms with Crippen LogP contribution in [0.5, 0.6) is 0 Å². The largest absolute Gasteiger partial charge is 0.459 e. The molecule has 22 heavy (non-hydrogen) atoms. The first kappa shape index (κ1) is 16.6. The molecule has 0 aliphatic rings. The van der Waals surface area contributed by atoms with Gasteiger partial charge in [0.2, 0.25) is 0 Å². The van der Waals surface area contributed by atoms with Crippen LogP contribution >= 0.6 is 21.6 Å². The number of carbonyl (C=O) groups excluding carboxylic acids is 2. The zero-order chi connectivity index (χ0) is 15.6. The smallest absolute Gasteiger partial charge is 0.287 e. The first-order chi connectivity index (χ1) is 10.8. The Hall–Kier alpha value is -1.80. The van der Waals surface area contributed by atoms with Gasteiger partial charge in [-0.25, -0.2) is 0 Å². The molecule has 8 heteroatoms. The van der Waals surface area contributed by atoms with Crippen molar-refractivity contribution < 1.29 is 18.4 Å². The molecule has 0 fully saturated rings. The number of furan rings is 2. The summed E-state index contributed by atoms with van der Waals surface area (Å²) in [5, 5.41) is 5.53. The lowest BCUT2D eigenvalue weighted by Crippen LogP contribution is -2.25. The van der Waals surface area contributed by atoms with Crippen molar-refractivity contribution in [2.24, 2.45) is 0 Å². The molecule has 2 rings (SSSR count). The summed E-state index contributed by atoms with van der Waals surface area (Å²) in [4.78, 5) is 23.1. The van der Waals surface area contributed by atoms with E-state index in [9.17, 15) is 9.59 Å². The predicted octanol–water partition coefficient (Wildman–Crippen LogP) is 2.41. The van der Waals surface area contributed by atoms with E-state index in [2.05, 4.69) is 10.6 Å². The Kier molecular flexibility index (Phi) is 6.98. The maximum absolute atomic E-state index is 11.6. The van der Waals surface area contributed by atoms with Gasteiger partial charge in [-0.1, -0.05) is 21.6 Å². The molecule has 0 aliphatic carbocycles. The monoisotopic (exact) mass is 340 g/mol. The molecule has 2 N–H and O–H groups in total. The van der Waals surface area contributed by atoms with Crippen molar-refractivity contribution in [3.05, 3.63) is 48.3 Å².